The Bertz CT molecular complexity index is 852. The molecule has 0 aliphatic carbocycles. The van der Waals surface area contributed by atoms with E-state index >= 15 is 0 Å². The molecule has 0 aliphatic rings. The van der Waals surface area contributed by atoms with Crippen molar-refractivity contribution in [2.75, 3.05) is 26.8 Å². The zero-order chi connectivity index (χ0) is 18.7. The predicted molar refractivity (Wildman–Crippen MR) is 122 cm³/mol. The summed E-state index contributed by atoms with van der Waals surface area (Å²) in [5, 5.41) is 14.9. The number of hydrogen-bond donors (Lipinski definition) is 2. The van der Waals surface area contributed by atoms with E-state index in [-0.39, 0.29) is 24.0 Å². The van der Waals surface area contributed by atoms with Crippen LogP contribution in [0.5, 0.6) is 0 Å². The normalized spacial score (nSPS) is 11.2. The van der Waals surface area contributed by atoms with Crippen molar-refractivity contribution in [2.24, 2.45) is 4.99 Å². The van der Waals surface area contributed by atoms with Gasteiger partial charge in [-0.3, -0.25) is 9.39 Å². The lowest BCUT2D eigenvalue weighted by Crippen LogP contribution is -2.38. The summed E-state index contributed by atoms with van der Waals surface area (Å²) in [6.45, 7) is 2.83. The van der Waals surface area contributed by atoms with Crippen LogP contribution < -0.4 is 10.6 Å². The lowest BCUT2D eigenvalue weighted by Gasteiger charge is -2.11. The van der Waals surface area contributed by atoms with Gasteiger partial charge in [-0.2, -0.15) is 0 Å². The number of ether oxygens (including phenoxy) is 1. The molecule has 2 N–H and O–H groups in total. The van der Waals surface area contributed by atoms with E-state index < -0.39 is 0 Å². The van der Waals surface area contributed by atoms with Crippen LogP contribution in [0.1, 0.15) is 17.8 Å². The molecule has 0 amide bonds. The average molecular weight is 494 g/mol. The molecule has 1 aromatic carbocycles. The number of aliphatic imine (C=N–C) groups is 1. The second kappa shape index (κ2) is 12.3. The summed E-state index contributed by atoms with van der Waals surface area (Å²) in [6.07, 6.45) is 3.82. The Morgan fingerprint density at radius 3 is 2.68 bits per heavy atom. The van der Waals surface area contributed by atoms with Crippen molar-refractivity contribution in [3.05, 3.63) is 66.1 Å². The molecule has 150 valence electrons. The van der Waals surface area contributed by atoms with E-state index in [1.165, 1.54) is 5.56 Å². The molecule has 0 fully saturated rings. The van der Waals surface area contributed by atoms with E-state index in [4.69, 9.17) is 4.74 Å². The average Bonchev–Trinajstić information content (AvgIpc) is 3.13. The number of benzene rings is 1. The van der Waals surface area contributed by atoms with Crippen molar-refractivity contribution < 1.29 is 4.74 Å². The fourth-order valence-corrected chi connectivity index (χ4v) is 2.71. The van der Waals surface area contributed by atoms with E-state index in [0.29, 0.717) is 6.54 Å². The summed E-state index contributed by atoms with van der Waals surface area (Å²) < 4.78 is 7.66. The first kappa shape index (κ1) is 22.1. The van der Waals surface area contributed by atoms with Gasteiger partial charge in [-0.25, -0.2) is 0 Å². The van der Waals surface area contributed by atoms with Gasteiger partial charge in [0.25, 0.3) is 0 Å². The van der Waals surface area contributed by atoms with Crippen LogP contribution in [0.3, 0.4) is 0 Å². The van der Waals surface area contributed by atoms with Gasteiger partial charge in [0.1, 0.15) is 0 Å². The van der Waals surface area contributed by atoms with Gasteiger partial charge in [-0.05, 0) is 30.5 Å². The van der Waals surface area contributed by atoms with Gasteiger partial charge in [0, 0.05) is 26.4 Å². The van der Waals surface area contributed by atoms with Crippen LogP contribution in [0, 0.1) is 0 Å². The van der Waals surface area contributed by atoms with E-state index in [2.05, 4.69) is 50.1 Å². The zero-order valence-corrected chi connectivity index (χ0v) is 18.4. The Morgan fingerprint density at radius 2 is 1.86 bits per heavy atom. The van der Waals surface area contributed by atoms with Crippen LogP contribution in [0.15, 0.2) is 59.7 Å². The lowest BCUT2D eigenvalue weighted by atomic mass is 10.2. The molecule has 0 bridgehead atoms. The highest BCUT2D eigenvalue weighted by Crippen LogP contribution is 2.02. The highest BCUT2D eigenvalue weighted by Gasteiger charge is 2.05. The molecule has 0 aliphatic heterocycles. The maximum absolute atomic E-state index is 5.70. The number of nitrogens with one attached hydrogen (secondary N) is 2. The molecular weight excluding hydrogens is 467 g/mol. The van der Waals surface area contributed by atoms with Crippen molar-refractivity contribution in [1.82, 2.24) is 25.2 Å². The van der Waals surface area contributed by atoms with Gasteiger partial charge in [-0.15, -0.1) is 34.2 Å². The van der Waals surface area contributed by atoms with Gasteiger partial charge in [-0.1, -0.05) is 36.4 Å². The summed E-state index contributed by atoms with van der Waals surface area (Å²) in [6, 6.07) is 16.2. The Morgan fingerprint density at radius 1 is 1.04 bits per heavy atom. The third kappa shape index (κ3) is 6.75. The van der Waals surface area contributed by atoms with Crippen LogP contribution in [0.2, 0.25) is 0 Å². The molecular formula is C20H27IN6O. The molecule has 8 heteroatoms. The number of rotatable bonds is 9. The van der Waals surface area contributed by atoms with Crippen LogP contribution >= 0.6 is 24.0 Å². The molecule has 0 atom stereocenters. The van der Waals surface area contributed by atoms with Gasteiger partial charge >= 0.3 is 0 Å². The molecule has 28 heavy (non-hydrogen) atoms. The molecule has 0 saturated heterocycles. The Hall–Kier alpha value is -2.20. The minimum Gasteiger partial charge on any atom is -0.381 e. The van der Waals surface area contributed by atoms with E-state index in [1.807, 2.05) is 34.9 Å². The van der Waals surface area contributed by atoms with Gasteiger partial charge in [0.05, 0.1) is 13.2 Å². The second-order valence-electron chi connectivity index (χ2n) is 6.10. The number of fused-ring (bicyclic) bond motifs is 1. The van der Waals surface area contributed by atoms with Crippen LogP contribution in [-0.2, 0) is 17.7 Å². The molecule has 3 rings (SSSR count). The Balaban J connectivity index is 0.00000280. The molecule has 2 aromatic heterocycles. The van der Waals surface area contributed by atoms with Crippen molar-refractivity contribution in [3.63, 3.8) is 0 Å². The second-order valence-corrected chi connectivity index (χ2v) is 6.10. The molecule has 0 unspecified atom stereocenters. The third-order valence-corrected chi connectivity index (χ3v) is 4.16. The first-order valence-electron chi connectivity index (χ1n) is 9.21. The topological polar surface area (TPSA) is 75.8 Å². The fourth-order valence-electron chi connectivity index (χ4n) is 2.71. The Labute approximate surface area is 182 Å². The quantitative estimate of drug-likeness (QED) is 0.207. The summed E-state index contributed by atoms with van der Waals surface area (Å²) in [4.78, 5) is 4.24. The Kier molecular flexibility index (Phi) is 9.70. The van der Waals surface area contributed by atoms with Gasteiger partial charge in [0.15, 0.2) is 17.4 Å². The number of pyridine rings is 1. The van der Waals surface area contributed by atoms with Gasteiger partial charge < -0.3 is 15.4 Å². The molecule has 2 heterocycles. The summed E-state index contributed by atoms with van der Waals surface area (Å²) >= 11 is 0. The van der Waals surface area contributed by atoms with Crippen LogP contribution in [-0.4, -0.2) is 47.4 Å². The molecule has 0 spiro atoms. The maximum Gasteiger partial charge on any atom is 0.191 e. The summed E-state index contributed by atoms with van der Waals surface area (Å²) in [5.41, 5.74) is 2.14. The number of hydrogen-bond acceptors (Lipinski definition) is 4. The first-order valence-corrected chi connectivity index (χ1v) is 9.21. The van der Waals surface area contributed by atoms with Crippen molar-refractivity contribution in [1.29, 1.82) is 0 Å². The van der Waals surface area contributed by atoms with Crippen molar-refractivity contribution in [2.45, 2.75) is 19.4 Å². The van der Waals surface area contributed by atoms with E-state index in [0.717, 1.165) is 50.0 Å². The minimum absolute atomic E-state index is 0. The fraction of sp³-hybridized carbons (Fsp3) is 0.350. The first-order chi connectivity index (χ1) is 13.4. The molecule has 7 nitrogen and oxygen atoms in total. The highest BCUT2D eigenvalue weighted by molar-refractivity contribution is 14.0. The number of halogens is 1. The van der Waals surface area contributed by atoms with Crippen molar-refractivity contribution in [3.8, 4) is 0 Å². The SMILES string of the molecule is CN=C(NCCCOCCc1ccccc1)NCc1nnc2ccccn12.I. The highest BCUT2D eigenvalue weighted by atomic mass is 127. The number of aromatic nitrogens is 3. The van der Waals surface area contributed by atoms with E-state index in [9.17, 15) is 0 Å². The largest absolute Gasteiger partial charge is 0.381 e. The molecule has 0 radical (unpaired) electrons. The molecule has 0 saturated carbocycles. The number of guanidine groups is 1. The van der Waals surface area contributed by atoms with Crippen molar-refractivity contribution >= 4 is 35.6 Å². The van der Waals surface area contributed by atoms with Crippen LogP contribution in [0.25, 0.3) is 5.65 Å². The van der Waals surface area contributed by atoms with Crippen LogP contribution in [0.4, 0.5) is 0 Å². The summed E-state index contributed by atoms with van der Waals surface area (Å²) in [7, 11) is 1.76. The predicted octanol–water partition coefficient (Wildman–Crippen LogP) is 2.66. The van der Waals surface area contributed by atoms with Gasteiger partial charge in [0.2, 0.25) is 0 Å². The zero-order valence-electron chi connectivity index (χ0n) is 16.0. The smallest absolute Gasteiger partial charge is 0.191 e. The maximum atomic E-state index is 5.70. The molecule has 3 aromatic rings. The number of nitrogens with zero attached hydrogens (tertiary/aromatic N) is 4. The summed E-state index contributed by atoms with van der Waals surface area (Å²) in [5.74, 6) is 1.59. The minimum atomic E-state index is 0. The lowest BCUT2D eigenvalue weighted by molar-refractivity contribution is 0.135. The van der Waals surface area contributed by atoms with E-state index in [1.54, 1.807) is 7.05 Å². The monoisotopic (exact) mass is 494 g/mol. The standard InChI is InChI=1S/C20H26N6O.HI/c1-21-20(23-16-19-25-24-18-10-5-6-13-26(18)19)22-12-7-14-27-15-11-17-8-3-2-4-9-17;/h2-6,8-10,13H,7,11-12,14-16H2,1H3,(H2,21,22,23);1H. The third-order valence-electron chi connectivity index (χ3n) is 4.16.